The first-order valence-corrected chi connectivity index (χ1v) is 8.83. The first-order chi connectivity index (χ1) is 11.5. The molecule has 2 aromatic rings. The van der Waals surface area contributed by atoms with Crippen LogP contribution in [0.5, 0.6) is 0 Å². The maximum Gasteiger partial charge on any atom is 0.129 e. The van der Waals surface area contributed by atoms with Gasteiger partial charge in [-0.05, 0) is 47.1 Å². The quantitative estimate of drug-likeness (QED) is 0.914. The highest BCUT2D eigenvalue weighted by Crippen LogP contribution is 2.33. The SMILES string of the molecule is CCn1nc(C)c(CN2CCCC2c2cc(NC)nc(C)n2)c1C. The number of nitrogens with one attached hydrogen (secondary N) is 1. The number of hydrogen-bond acceptors (Lipinski definition) is 5. The van der Waals surface area contributed by atoms with Crippen molar-refractivity contribution < 1.29 is 0 Å². The van der Waals surface area contributed by atoms with Crippen LogP contribution >= 0.6 is 0 Å². The van der Waals surface area contributed by atoms with Crippen LogP contribution in [-0.2, 0) is 13.1 Å². The Hall–Kier alpha value is -1.95. The minimum absolute atomic E-state index is 0.363. The van der Waals surface area contributed by atoms with Gasteiger partial charge in [-0.15, -0.1) is 0 Å². The summed E-state index contributed by atoms with van der Waals surface area (Å²) in [5.41, 5.74) is 4.93. The van der Waals surface area contributed by atoms with E-state index in [1.807, 2.05) is 14.0 Å². The molecule has 1 atom stereocenters. The van der Waals surface area contributed by atoms with Crippen molar-refractivity contribution in [2.45, 2.75) is 59.7 Å². The van der Waals surface area contributed by atoms with E-state index < -0.39 is 0 Å². The van der Waals surface area contributed by atoms with E-state index in [0.717, 1.165) is 49.1 Å². The highest BCUT2D eigenvalue weighted by Gasteiger charge is 2.29. The highest BCUT2D eigenvalue weighted by atomic mass is 15.3. The lowest BCUT2D eigenvalue weighted by atomic mass is 10.1. The van der Waals surface area contributed by atoms with Gasteiger partial charge in [-0.3, -0.25) is 9.58 Å². The van der Waals surface area contributed by atoms with Crippen LogP contribution < -0.4 is 5.32 Å². The third-order valence-electron chi connectivity index (χ3n) is 5.01. The molecule has 1 unspecified atom stereocenters. The summed E-state index contributed by atoms with van der Waals surface area (Å²) in [4.78, 5) is 11.7. The summed E-state index contributed by atoms with van der Waals surface area (Å²) in [7, 11) is 1.91. The van der Waals surface area contributed by atoms with Gasteiger partial charge in [0, 0.05) is 37.5 Å². The maximum absolute atomic E-state index is 4.71. The third kappa shape index (κ3) is 3.15. The molecule has 1 fully saturated rings. The molecule has 0 amide bonds. The third-order valence-corrected chi connectivity index (χ3v) is 5.01. The molecular formula is C18H28N6. The fourth-order valence-electron chi connectivity index (χ4n) is 3.71. The van der Waals surface area contributed by atoms with E-state index in [4.69, 9.17) is 4.98 Å². The van der Waals surface area contributed by atoms with E-state index in [2.05, 4.69) is 51.8 Å². The summed E-state index contributed by atoms with van der Waals surface area (Å²) in [5.74, 6) is 1.73. The molecule has 1 aliphatic heterocycles. The van der Waals surface area contributed by atoms with Crippen LogP contribution in [0.2, 0.25) is 0 Å². The fourth-order valence-corrected chi connectivity index (χ4v) is 3.71. The molecule has 24 heavy (non-hydrogen) atoms. The summed E-state index contributed by atoms with van der Waals surface area (Å²) in [6.07, 6.45) is 2.36. The number of nitrogens with zero attached hydrogens (tertiary/aromatic N) is 5. The molecule has 3 rings (SSSR count). The van der Waals surface area contributed by atoms with Crippen LogP contribution in [-0.4, -0.2) is 38.2 Å². The van der Waals surface area contributed by atoms with Gasteiger partial charge in [-0.1, -0.05) is 0 Å². The Balaban J connectivity index is 1.86. The number of hydrogen-bond donors (Lipinski definition) is 1. The van der Waals surface area contributed by atoms with E-state index in [1.54, 1.807) is 0 Å². The molecule has 6 heteroatoms. The Morgan fingerprint density at radius 2 is 2.04 bits per heavy atom. The minimum Gasteiger partial charge on any atom is -0.373 e. The van der Waals surface area contributed by atoms with Gasteiger partial charge in [-0.25, -0.2) is 9.97 Å². The van der Waals surface area contributed by atoms with Crippen molar-refractivity contribution in [3.05, 3.63) is 34.5 Å². The molecule has 3 heterocycles. The molecule has 0 saturated carbocycles. The molecule has 0 bridgehead atoms. The molecule has 0 aromatic carbocycles. The van der Waals surface area contributed by atoms with Gasteiger partial charge in [0.15, 0.2) is 0 Å². The Morgan fingerprint density at radius 1 is 1.25 bits per heavy atom. The lowest BCUT2D eigenvalue weighted by molar-refractivity contribution is 0.243. The Labute approximate surface area is 144 Å². The van der Waals surface area contributed by atoms with E-state index in [0.29, 0.717) is 6.04 Å². The average Bonchev–Trinajstić information content (AvgIpc) is 3.14. The van der Waals surface area contributed by atoms with Crippen molar-refractivity contribution in [2.24, 2.45) is 0 Å². The van der Waals surface area contributed by atoms with Crippen molar-refractivity contribution >= 4 is 5.82 Å². The number of aromatic nitrogens is 4. The molecule has 1 aliphatic rings. The van der Waals surface area contributed by atoms with Gasteiger partial charge < -0.3 is 5.32 Å². The largest absolute Gasteiger partial charge is 0.373 e. The zero-order valence-corrected chi connectivity index (χ0v) is 15.4. The van der Waals surface area contributed by atoms with Crippen molar-refractivity contribution in [3.63, 3.8) is 0 Å². The highest BCUT2D eigenvalue weighted by molar-refractivity contribution is 5.36. The second-order valence-corrected chi connectivity index (χ2v) is 6.57. The maximum atomic E-state index is 4.71. The minimum atomic E-state index is 0.363. The van der Waals surface area contributed by atoms with E-state index in [1.165, 1.54) is 17.7 Å². The monoisotopic (exact) mass is 328 g/mol. The molecule has 1 N–H and O–H groups in total. The van der Waals surface area contributed by atoms with Crippen LogP contribution in [0.1, 0.15) is 54.3 Å². The molecule has 1 saturated heterocycles. The van der Waals surface area contributed by atoms with Gasteiger partial charge in [0.2, 0.25) is 0 Å². The first kappa shape index (κ1) is 16.9. The zero-order valence-electron chi connectivity index (χ0n) is 15.4. The standard InChI is InChI=1S/C18H28N6/c1-6-24-13(3)15(12(2)22-24)11-23-9-7-8-17(23)16-10-18(19-5)21-14(4)20-16/h10,17H,6-9,11H2,1-5H3,(H,19,20,21). The van der Waals surface area contributed by atoms with Crippen LogP contribution in [0.25, 0.3) is 0 Å². The zero-order chi connectivity index (χ0) is 17.3. The van der Waals surface area contributed by atoms with Gasteiger partial charge in [0.05, 0.1) is 17.4 Å². The predicted octanol–water partition coefficient (Wildman–Crippen LogP) is 3.00. The molecule has 0 aliphatic carbocycles. The molecule has 0 spiro atoms. The molecular weight excluding hydrogens is 300 g/mol. The fraction of sp³-hybridized carbons (Fsp3) is 0.611. The van der Waals surface area contributed by atoms with Gasteiger partial charge in [-0.2, -0.15) is 5.10 Å². The molecule has 6 nitrogen and oxygen atoms in total. The molecule has 130 valence electrons. The Morgan fingerprint density at radius 3 is 2.71 bits per heavy atom. The number of aryl methyl sites for hydroxylation is 3. The Kier molecular flexibility index (Phi) is 4.85. The number of rotatable bonds is 5. The smallest absolute Gasteiger partial charge is 0.129 e. The number of likely N-dealkylation sites (tertiary alicyclic amines) is 1. The summed E-state index contributed by atoms with van der Waals surface area (Å²) < 4.78 is 2.10. The summed E-state index contributed by atoms with van der Waals surface area (Å²) in [6.45, 7) is 11.4. The lowest BCUT2D eigenvalue weighted by Gasteiger charge is -2.24. The van der Waals surface area contributed by atoms with Crippen molar-refractivity contribution in [3.8, 4) is 0 Å². The summed E-state index contributed by atoms with van der Waals surface area (Å²) >= 11 is 0. The topological polar surface area (TPSA) is 58.9 Å². The second kappa shape index (κ2) is 6.89. The Bertz CT molecular complexity index is 721. The van der Waals surface area contributed by atoms with Crippen LogP contribution in [0, 0.1) is 20.8 Å². The predicted molar refractivity (Wildman–Crippen MR) is 96.1 cm³/mol. The molecule has 2 aromatic heterocycles. The van der Waals surface area contributed by atoms with Gasteiger partial charge >= 0.3 is 0 Å². The van der Waals surface area contributed by atoms with Gasteiger partial charge in [0.25, 0.3) is 0 Å². The van der Waals surface area contributed by atoms with Crippen LogP contribution in [0.4, 0.5) is 5.82 Å². The van der Waals surface area contributed by atoms with E-state index >= 15 is 0 Å². The van der Waals surface area contributed by atoms with E-state index in [9.17, 15) is 0 Å². The van der Waals surface area contributed by atoms with Crippen LogP contribution in [0.15, 0.2) is 6.07 Å². The second-order valence-electron chi connectivity index (χ2n) is 6.57. The number of anilines is 1. The molecule has 0 radical (unpaired) electrons. The summed E-state index contributed by atoms with van der Waals surface area (Å²) in [6, 6.07) is 2.45. The average molecular weight is 328 g/mol. The summed E-state index contributed by atoms with van der Waals surface area (Å²) in [5, 5.41) is 7.81. The van der Waals surface area contributed by atoms with Gasteiger partial charge in [0.1, 0.15) is 11.6 Å². The van der Waals surface area contributed by atoms with Crippen LogP contribution in [0.3, 0.4) is 0 Å². The van der Waals surface area contributed by atoms with E-state index in [-0.39, 0.29) is 0 Å². The first-order valence-electron chi connectivity index (χ1n) is 8.83. The van der Waals surface area contributed by atoms with Crippen molar-refractivity contribution in [1.29, 1.82) is 0 Å². The lowest BCUT2D eigenvalue weighted by Crippen LogP contribution is -2.24. The van der Waals surface area contributed by atoms with Crippen molar-refractivity contribution in [2.75, 3.05) is 18.9 Å². The van der Waals surface area contributed by atoms with Crippen molar-refractivity contribution in [1.82, 2.24) is 24.6 Å². The normalized spacial score (nSPS) is 18.3.